The monoisotopic (exact) mass is 313 g/mol. The largest absolute Gasteiger partial charge is 0.356 e. The van der Waals surface area contributed by atoms with Gasteiger partial charge < -0.3 is 15.5 Å². The van der Waals surface area contributed by atoms with Crippen molar-refractivity contribution in [3.63, 3.8) is 0 Å². The van der Waals surface area contributed by atoms with E-state index in [-0.39, 0.29) is 5.91 Å². The highest BCUT2D eigenvalue weighted by atomic mass is 16.1. The molecule has 1 fully saturated rings. The molecule has 1 heterocycles. The van der Waals surface area contributed by atoms with E-state index in [1.165, 1.54) is 32.1 Å². The Kier molecular flexibility index (Phi) is 14.9. The third-order valence-electron chi connectivity index (χ3n) is 4.13. The van der Waals surface area contributed by atoms with Gasteiger partial charge in [0.15, 0.2) is 0 Å². The van der Waals surface area contributed by atoms with Crippen molar-refractivity contribution in [2.45, 2.75) is 65.7 Å². The summed E-state index contributed by atoms with van der Waals surface area (Å²) in [7, 11) is 2.01. The molecule has 0 aromatic carbocycles. The van der Waals surface area contributed by atoms with E-state index in [4.69, 9.17) is 0 Å². The van der Waals surface area contributed by atoms with Crippen LogP contribution in [0.25, 0.3) is 0 Å². The van der Waals surface area contributed by atoms with Crippen LogP contribution in [0.3, 0.4) is 0 Å². The molecular formula is C18H39N3O. The number of hydrogen-bond acceptors (Lipinski definition) is 3. The van der Waals surface area contributed by atoms with Crippen molar-refractivity contribution in [1.29, 1.82) is 0 Å². The molecule has 0 aliphatic carbocycles. The smallest absolute Gasteiger partial charge is 0.220 e. The molecule has 0 radical (unpaired) electrons. The van der Waals surface area contributed by atoms with Crippen molar-refractivity contribution < 1.29 is 4.79 Å². The van der Waals surface area contributed by atoms with Gasteiger partial charge in [0.2, 0.25) is 5.91 Å². The molecule has 0 atom stereocenters. The van der Waals surface area contributed by atoms with Crippen molar-refractivity contribution in [3.8, 4) is 0 Å². The highest BCUT2D eigenvalue weighted by Crippen LogP contribution is 2.17. The van der Waals surface area contributed by atoms with Gasteiger partial charge in [0, 0.05) is 26.1 Å². The second kappa shape index (κ2) is 15.3. The zero-order valence-corrected chi connectivity index (χ0v) is 15.4. The Hall–Kier alpha value is -0.610. The maximum absolute atomic E-state index is 11.7. The molecule has 0 saturated carbocycles. The summed E-state index contributed by atoms with van der Waals surface area (Å²) in [6.07, 6.45) is 8.32. The lowest BCUT2D eigenvalue weighted by Crippen LogP contribution is -2.48. The third kappa shape index (κ3) is 11.0. The van der Waals surface area contributed by atoms with Crippen molar-refractivity contribution in [1.82, 2.24) is 15.5 Å². The topological polar surface area (TPSA) is 44.4 Å². The first-order valence-electron chi connectivity index (χ1n) is 9.40. The summed E-state index contributed by atoms with van der Waals surface area (Å²) in [5.74, 6) is 0.849. The quantitative estimate of drug-likeness (QED) is 0.544. The number of carbonyl (C=O) groups excluding carboxylic acids is 1. The highest BCUT2D eigenvalue weighted by Gasteiger charge is 2.26. The van der Waals surface area contributed by atoms with Crippen LogP contribution in [-0.4, -0.2) is 50.6 Å². The van der Waals surface area contributed by atoms with E-state index in [1.54, 1.807) is 0 Å². The van der Waals surface area contributed by atoms with Gasteiger partial charge in [-0.2, -0.15) is 0 Å². The second-order valence-corrected chi connectivity index (χ2v) is 6.00. The lowest BCUT2D eigenvalue weighted by molar-refractivity contribution is -0.123. The molecule has 132 valence electrons. The number of likely N-dealkylation sites (tertiary alicyclic amines) is 1. The SMILES string of the molecule is CC.CCN1CC(CC(=O)NCCCCCCCCNC)C1. The summed E-state index contributed by atoms with van der Waals surface area (Å²) in [4.78, 5) is 14.1. The Balaban J connectivity index is 0.00000211. The van der Waals surface area contributed by atoms with E-state index in [0.29, 0.717) is 5.92 Å². The first-order valence-corrected chi connectivity index (χ1v) is 9.40. The first kappa shape index (κ1) is 21.4. The van der Waals surface area contributed by atoms with Crippen LogP contribution >= 0.6 is 0 Å². The number of nitrogens with one attached hydrogen (secondary N) is 2. The zero-order chi connectivity index (χ0) is 16.6. The molecule has 0 unspecified atom stereocenters. The van der Waals surface area contributed by atoms with Crippen molar-refractivity contribution >= 4 is 5.91 Å². The minimum atomic E-state index is 0.250. The Morgan fingerprint density at radius 3 is 2.09 bits per heavy atom. The molecule has 1 aliphatic heterocycles. The van der Waals surface area contributed by atoms with E-state index in [2.05, 4.69) is 22.5 Å². The molecule has 4 heteroatoms. The second-order valence-electron chi connectivity index (χ2n) is 6.00. The fourth-order valence-corrected chi connectivity index (χ4v) is 2.76. The lowest BCUT2D eigenvalue weighted by Gasteiger charge is -2.38. The molecule has 1 rings (SSSR count). The van der Waals surface area contributed by atoms with Gasteiger partial charge in [-0.05, 0) is 38.9 Å². The van der Waals surface area contributed by atoms with Gasteiger partial charge in [-0.15, -0.1) is 0 Å². The number of amides is 1. The third-order valence-corrected chi connectivity index (χ3v) is 4.13. The van der Waals surface area contributed by atoms with Gasteiger partial charge in [0.05, 0.1) is 0 Å². The van der Waals surface area contributed by atoms with E-state index >= 15 is 0 Å². The average Bonchev–Trinajstić information content (AvgIpc) is 2.50. The predicted octanol–water partition coefficient (Wildman–Crippen LogP) is 3.03. The summed E-state index contributed by atoms with van der Waals surface area (Å²) in [6, 6.07) is 0. The molecule has 1 amide bonds. The van der Waals surface area contributed by atoms with E-state index in [0.717, 1.165) is 45.6 Å². The van der Waals surface area contributed by atoms with Gasteiger partial charge in [0.25, 0.3) is 0 Å². The number of nitrogens with zero attached hydrogens (tertiary/aromatic N) is 1. The van der Waals surface area contributed by atoms with Gasteiger partial charge in [-0.25, -0.2) is 0 Å². The van der Waals surface area contributed by atoms with Crippen LogP contribution in [0.4, 0.5) is 0 Å². The molecule has 0 aromatic rings. The van der Waals surface area contributed by atoms with Gasteiger partial charge in [-0.1, -0.05) is 46.5 Å². The maximum Gasteiger partial charge on any atom is 0.220 e. The number of unbranched alkanes of at least 4 members (excludes halogenated alkanes) is 5. The van der Waals surface area contributed by atoms with Crippen molar-refractivity contribution in [2.24, 2.45) is 5.92 Å². The molecule has 0 aromatic heterocycles. The van der Waals surface area contributed by atoms with E-state index in [1.807, 2.05) is 20.9 Å². The highest BCUT2D eigenvalue weighted by molar-refractivity contribution is 5.76. The van der Waals surface area contributed by atoms with Crippen LogP contribution in [0.1, 0.15) is 65.7 Å². The Bertz CT molecular complexity index is 253. The van der Waals surface area contributed by atoms with E-state index in [9.17, 15) is 4.79 Å². The van der Waals surface area contributed by atoms with Crippen LogP contribution in [0.2, 0.25) is 0 Å². The summed E-state index contributed by atoms with van der Waals surface area (Å²) in [5.41, 5.74) is 0. The molecule has 1 aliphatic rings. The summed E-state index contributed by atoms with van der Waals surface area (Å²) in [6.45, 7) is 11.5. The van der Waals surface area contributed by atoms with Crippen LogP contribution < -0.4 is 10.6 Å². The summed E-state index contributed by atoms with van der Waals surface area (Å²) >= 11 is 0. The normalized spacial score (nSPS) is 14.9. The fourth-order valence-electron chi connectivity index (χ4n) is 2.76. The number of hydrogen-bond donors (Lipinski definition) is 2. The lowest BCUT2D eigenvalue weighted by atomic mass is 9.96. The Morgan fingerprint density at radius 1 is 1.00 bits per heavy atom. The number of carbonyl (C=O) groups is 1. The fraction of sp³-hybridized carbons (Fsp3) is 0.944. The summed E-state index contributed by atoms with van der Waals surface area (Å²) < 4.78 is 0. The standard InChI is InChI=1S/C16H33N3O.C2H6/c1-3-19-13-15(14-19)12-16(20)18-11-9-7-5-4-6-8-10-17-2;1-2/h15,17H,3-14H2,1-2H3,(H,18,20);1-2H3. The minimum Gasteiger partial charge on any atom is -0.356 e. The van der Waals surface area contributed by atoms with Crippen LogP contribution in [0, 0.1) is 5.92 Å². The van der Waals surface area contributed by atoms with Gasteiger partial charge in [-0.3, -0.25) is 4.79 Å². The average molecular weight is 314 g/mol. The van der Waals surface area contributed by atoms with Crippen molar-refractivity contribution in [2.75, 3.05) is 39.8 Å². The molecule has 4 nitrogen and oxygen atoms in total. The minimum absolute atomic E-state index is 0.250. The zero-order valence-electron chi connectivity index (χ0n) is 15.4. The molecule has 2 N–H and O–H groups in total. The maximum atomic E-state index is 11.7. The van der Waals surface area contributed by atoms with E-state index < -0.39 is 0 Å². The Labute approximate surface area is 138 Å². The summed E-state index contributed by atoms with van der Waals surface area (Å²) in [5, 5.41) is 6.23. The van der Waals surface area contributed by atoms with Crippen LogP contribution in [0.5, 0.6) is 0 Å². The molecule has 1 saturated heterocycles. The van der Waals surface area contributed by atoms with Gasteiger partial charge >= 0.3 is 0 Å². The molecule has 0 bridgehead atoms. The molecule has 0 spiro atoms. The molecular weight excluding hydrogens is 274 g/mol. The van der Waals surface area contributed by atoms with Crippen LogP contribution in [-0.2, 0) is 4.79 Å². The Morgan fingerprint density at radius 2 is 1.55 bits per heavy atom. The first-order chi connectivity index (χ1) is 10.8. The number of rotatable bonds is 12. The van der Waals surface area contributed by atoms with Crippen LogP contribution in [0.15, 0.2) is 0 Å². The van der Waals surface area contributed by atoms with Gasteiger partial charge in [0.1, 0.15) is 0 Å². The predicted molar refractivity (Wildman–Crippen MR) is 96.2 cm³/mol. The molecule has 22 heavy (non-hydrogen) atoms. The van der Waals surface area contributed by atoms with Crippen molar-refractivity contribution in [3.05, 3.63) is 0 Å².